The van der Waals surface area contributed by atoms with Crippen LogP contribution in [-0.2, 0) is 0 Å². The van der Waals surface area contributed by atoms with Crippen LogP contribution in [0.5, 0.6) is 0 Å². The predicted octanol–water partition coefficient (Wildman–Crippen LogP) is 1.64. The third kappa shape index (κ3) is 4.35. The van der Waals surface area contributed by atoms with Gasteiger partial charge in [0.05, 0.1) is 6.17 Å². The fourth-order valence-electron chi connectivity index (χ4n) is 0.888. The first-order valence-corrected chi connectivity index (χ1v) is 4.49. The van der Waals surface area contributed by atoms with Crippen LogP contribution in [0.25, 0.3) is 0 Å². The van der Waals surface area contributed by atoms with E-state index in [9.17, 15) is 0 Å². The molecule has 0 fully saturated rings. The van der Waals surface area contributed by atoms with Crippen molar-refractivity contribution in [3.05, 3.63) is 18.4 Å². The van der Waals surface area contributed by atoms with Crippen molar-refractivity contribution in [2.75, 3.05) is 0 Å². The topological polar surface area (TPSA) is 38.0 Å². The van der Waals surface area contributed by atoms with Gasteiger partial charge in [0, 0.05) is 12.0 Å². The highest BCUT2D eigenvalue weighted by atomic mass is 15.0. The van der Waals surface area contributed by atoms with E-state index in [2.05, 4.69) is 38.4 Å². The summed E-state index contributed by atoms with van der Waals surface area (Å²) >= 11 is 0. The molecule has 12 heavy (non-hydrogen) atoms. The van der Waals surface area contributed by atoms with E-state index in [1.54, 1.807) is 0 Å². The molecule has 0 bridgehead atoms. The second-order valence-corrected chi connectivity index (χ2v) is 3.23. The Hall–Kier alpha value is -0.560. The van der Waals surface area contributed by atoms with E-state index in [4.69, 9.17) is 5.73 Å². The Morgan fingerprint density at radius 2 is 2.17 bits per heavy atom. The van der Waals surface area contributed by atoms with Crippen LogP contribution in [0.1, 0.15) is 27.2 Å². The average Bonchev–Trinajstić information content (AvgIpc) is 2.04. The quantitative estimate of drug-likeness (QED) is 0.484. The minimum absolute atomic E-state index is 0.00852. The molecule has 0 saturated heterocycles. The van der Waals surface area contributed by atoms with Crippen molar-refractivity contribution < 1.29 is 0 Å². The number of rotatable bonds is 5. The summed E-state index contributed by atoms with van der Waals surface area (Å²) in [5.41, 5.74) is 8.61. The van der Waals surface area contributed by atoms with Gasteiger partial charge in [0.1, 0.15) is 0 Å². The number of nitrogens with two attached hydrogens (primary N) is 1. The van der Waals surface area contributed by atoms with E-state index in [0.717, 1.165) is 6.42 Å². The van der Waals surface area contributed by atoms with Crippen LogP contribution in [0.15, 0.2) is 18.4 Å². The van der Waals surface area contributed by atoms with Gasteiger partial charge in [-0.05, 0) is 19.4 Å². The molecule has 2 heteroatoms. The molecule has 0 aliphatic rings. The summed E-state index contributed by atoms with van der Waals surface area (Å²) in [7, 11) is 0. The summed E-state index contributed by atoms with van der Waals surface area (Å²) in [6.45, 7) is 9.84. The molecule has 0 heterocycles. The van der Waals surface area contributed by atoms with Gasteiger partial charge in [-0.2, -0.15) is 0 Å². The Morgan fingerprint density at radius 1 is 1.58 bits per heavy atom. The molecule has 0 aliphatic heterocycles. The molecule has 0 aromatic carbocycles. The maximum absolute atomic E-state index is 5.87. The summed E-state index contributed by atoms with van der Waals surface area (Å²) in [5.74, 6) is 0.288. The summed E-state index contributed by atoms with van der Waals surface area (Å²) in [4.78, 5) is 0. The van der Waals surface area contributed by atoms with Gasteiger partial charge in [-0.1, -0.05) is 20.4 Å². The molecule has 3 atom stereocenters. The van der Waals surface area contributed by atoms with Gasteiger partial charge in [0.25, 0.3) is 0 Å². The smallest absolute Gasteiger partial charge is 0.0616 e. The first kappa shape index (κ1) is 11.4. The third-order valence-electron chi connectivity index (χ3n) is 2.04. The van der Waals surface area contributed by atoms with E-state index in [1.807, 2.05) is 6.08 Å². The molecule has 0 spiro atoms. The Labute approximate surface area is 75.5 Å². The highest BCUT2D eigenvalue weighted by Crippen LogP contribution is 2.00. The zero-order chi connectivity index (χ0) is 9.56. The Bertz CT molecular complexity index is 159. The van der Waals surface area contributed by atoms with Gasteiger partial charge >= 0.3 is 0 Å². The summed E-state index contributed by atoms with van der Waals surface area (Å²) in [6, 6.07) is 0.473. The Kier molecular flexibility index (Phi) is 5.73. The molecule has 0 aromatic heterocycles. The van der Waals surface area contributed by atoms with Crippen LogP contribution in [0.3, 0.4) is 0 Å². The van der Waals surface area contributed by atoms with Crippen molar-refractivity contribution in [2.24, 2.45) is 11.7 Å². The zero-order valence-corrected chi connectivity index (χ0v) is 8.30. The maximum Gasteiger partial charge on any atom is 0.0616 e. The first-order chi connectivity index (χ1) is 5.61. The van der Waals surface area contributed by atoms with Gasteiger partial charge in [0.2, 0.25) is 0 Å². The van der Waals surface area contributed by atoms with Crippen LogP contribution < -0.4 is 11.1 Å². The molecule has 0 amide bonds. The lowest BCUT2D eigenvalue weighted by Crippen LogP contribution is -2.46. The highest BCUT2D eigenvalue weighted by Gasteiger charge is 2.10. The molecule has 0 saturated carbocycles. The molecule has 0 aromatic rings. The lowest BCUT2D eigenvalue weighted by molar-refractivity contribution is 0.387. The monoisotopic (exact) mass is 168 g/mol. The SMILES string of the molecule is C=C=CC(C)C(N)NC(C)CC. The second-order valence-electron chi connectivity index (χ2n) is 3.23. The van der Waals surface area contributed by atoms with E-state index in [0.29, 0.717) is 6.04 Å². The highest BCUT2D eigenvalue weighted by molar-refractivity contribution is 4.87. The zero-order valence-electron chi connectivity index (χ0n) is 8.30. The maximum atomic E-state index is 5.87. The predicted molar refractivity (Wildman–Crippen MR) is 53.7 cm³/mol. The standard InChI is InChI=1S/C10H20N2/c1-5-7-8(3)10(11)12-9(4)6-2/h7-10,12H,1,6,11H2,2-4H3. The summed E-state index contributed by atoms with van der Waals surface area (Å²) in [6.07, 6.45) is 2.99. The van der Waals surface area contributed by atoms with Crippen molar-refractivity contribution in [3.63, 3.8) is 0 Å². The van der Waals surface area contributed by atoms with E-state index < -0.39 is 0 Å². The summed E-state index contributed by atoms with van der Waals surface area (Å²) < 4.78 is 0. The number of hydrogen-bond acceptors (Lipinski definition) is 2. The van der Waals surface area contributed by atoms with Crippen molar-refractivity contribution in [1.82, 2.24) is 5.32 Å². The molecule has 0 rings (SSSR count). The number of nitrogens with one attached hydrogen (secondary N) is 1. The van der Waals surface area contributed by atoms with Gasteiger partial charge in [0.15, 0.2) is 0 Å². The molecule has 70 valence electrons. The molecule has 0 radical (unpaired) electrons. The average molecular weight is 168 g/mol. The van der Waals surface area contributed by atoms with Gasteiger partial charge in [-0.3, -0.25) is 5.32 Å². The minimum atomic E-state index is 0.00852. The Balaban J connectivity index is 3.85. The van der Waals surface area contributed by atoms with Crippen molar-refractivity contribution in [2.45, 2.75) is 39.4 Å². The van der Waals surface area contributed by atoms with Crippen molar-refractivity contribution in [1.29, 1.82) is 0 Å². The normalized spacial score (nSPS) is 17.7. The third-order valence-corrected chi connectivity index (χ3v) is 2.04. The van der Waals surface area contributed by atoms with Gasteiger partial charge in [-0.25, -0.2) is 0 Å². The minimum Gasteiger partial charge on any atom is -0.315 e. The van der Waals surface area contributed by atoms with Crippen LogP contribution in [0.4, 0.5) is 0 Å². The molecular weight excluding hydrogens is 148 g/mol. The molecule has 3 unspecified atom stereocenters. The van der Waals surface area contributed by atoms with Crippen LogP contribution >= 0.6 is 0 Å². The molecule has 2 nitrogen and oxygen atoms in total. The molecule has 3 N–H and O–H groups in total. The second kappa shape index (κ2) is 6.01. The molecular formula is C10H20N2. The van der Waals surface area contributed by atoms with Gasteiger partial charge in [-0.15, -0.1) is 5.73 Å². The fourth-order valence-corrected chi connectivity index (χ4v) is 0.888. The van der Waals surface area contributed by atoms with Crippen LogP contribution in [0, 0.1) is 5.92 Å². The largest absolute Gasteiger partial charge is 0.315 e. The molecule has 0 aliphatic carbocycles. The van der Waals surface area contributed by atoms with Gasteiger partial charge < -0.3 is 5.73 Å². The fraction of sp³-hybridized carbons (Fsp3) is 0.700. The van der Waals surface area contributed by atoms with Crippen LogP contribution in [-0.4, -0.2) is 12.2 Å². The van der Waals surface area contributed by atoms with E-state index >= 15 is 0 Å². The van der Waals surface area contributed by atoms with Crippen molar-refractivity contribution >= 4 is 0 Å². The summed E-state index contributed by atoms with van der Waals surface area (Å²) in [5, 5.41) is 3.29. The number of hydrogen-bond donors (Lipinski definition) is 2. The Morgan fingerprint density at radius 3 is 2.58 bits per heavy atom. The lowest BCUT2D eigenvalue weighted by atomic mass is 10.1. The lowest BCUT2D eigenvalue weighted by Gasteiger charge is -2.21. The first-order valence-electron chi connectivity index (χ1n) is 4.49. The van der Waals surface area contributed by atoms with Crippen LogP contribution in [0.2, 0.25) is 0 Å². The van der Waals surface area contributed by atoms with Crippen molar-refractivity contribution in [3.8, 4) is 0 Å². The van der Waals surface area contributed by atoms with E-state index in [1.165, 1.54) is 0 Å². The van der Waals surface area contributed by atoms with E-state index in [-0.39, 0.29) is 12.1 Å².